The van der Waals surface area contributed by atoms with E-state index < -0.39 is 0 Å². The van der Waals surface area contributed by atoms with Gasteiger partial charge in [-0.05, 0) is 43.9 Å². The van der Waals surface area contributed by atoms with Crippen LogP contribution in [0.2, 0.25) is 0 Å². The summed E-state index contributed by atoms with van der Waals surface area (Å²) in [5.74, 6) is 0.197. The van der Waals surface area contributed by atoms with Crippen molar-refractivity contribution < 1.29 is 4.79 Å². The number of hydrogen-bond donors (Lipinski definition) is 0. The highest BCUT2D eigenvalue weighted by Crippen LogP contribution is 2.15. The number of hydrogen-bond acceptors (Lipinski definition) is 1. The molecule has 0 aliphatic rings. The Balaban J connectivity index is 2.79. The summed E-state index contributed by atoms with van der Waals surface area (Å²) in [6, 6.07) is 8.27. The molecule has 0 aromatic heterocycles. The summed E-state index contributed by atoms with van der Waals surface area (Å²) >= 11 is 0. The van der Waals surface area contributed by atoms with Crippen LogP contribution in [0.4, 0.5) is 0 Å². The molecule has 0 radical (unpaired) electrons. The summed E-state index contributed by atoms with van der Waals surface area (Å²) in [5, 5.41) is 0. The fourth-order valence-electron chi connectivity index (χ4n) is 1.88. The molecule has 92 valence electrons. The van der Waals surface area contributed by atoms with E-state index >= 15 is 0 Å². The summed E-state index contributed by atoms with van der Waals surface area (Å²) in [6.07, 6.45) is 6.42. The smallest absolute Gasteiger partial charge is 0.155 e. The standard InChI is InChI=1S/C16H22O/c1-4-5-6-10-16(14(3)17)12-15-9-7-8-13(2)11-15/h7-9,11-12H,4-6,10H2,1-3H3/b16-12+. The van der Waals surface area contributed by atoms with Crippen LogP contribution in [0.5, 0.6) is 0 Å². The SMILES string of the molecule is CCCCC/C(=C\c1cccc(C)c1)C(C)=O. The molecule has 0 fully saturated rings. The Morgan fingerprint density at radius 3 is 2.65 bits per heavy atom. The monoisotopic (exact) mass is 230 g/mol. The summed E-state index contributed by atoms with van der Waals surface area (Å²) in [6.45, 7) is 5.91. The van der Waals surface area contributed by atoms with Crippen LogP contribution in [0.15, 0.2) is 29.8 Å². The third kappa shape index (κ3) is 4.99. The van der Waals surface area contributed by atoms with Gasteiger partial charge in [-0.3, -0.25) is 4.79 Å². The van der Waals surface area contributed by atoms with E-state index in [0.29, 0.717) is 0 Å². The van der Waals surface area contributed by atoms with Crippen molar-refractivity contribution in [3.8, 4) is 0 Å². The summed E-state index contributed by atoms with van der Waals surface area (Å²) < 4.78 is 0. The maximum atomic E-state index is 11.6. The number of unbranched alkanes of at least 4 members (excludes halogenated alkanes) is 2. The molecule has 1 heteroatoms. The van der Waals surface area contributed by atoms with Gasteiger partial charge in [0.15, 0.2) is 5.78 Å². The lowest BCUT2D eigenvalue weighted by Gasteiger charge is -2.04. The van der Waals surface area contributed by atoms with Crippen molar-refractivity contribution in [1.29, 1.82) is 0 Å². The number of ketones is 1. The van der Waals surface area contributed by atoms with Crippen molar-refractivity contribution in [2.24, 2.45) is 0 Å². The maximum Gasteiger partial charge on any atom is 0.155 e. The zero-order valence-corrected chi connectivity index (χ0v) is 11.1. The summed E-state index contributed by atoms with van der Waals surface area (Å²) in [5.41, 5.74) is 3.31. The minimum atomic E-state index is 0.197. The van der Waals surface area contributed by atoms with Crippen LogP contribution in [0.3, 0.4) is 0 Å². The molecule has 0 amide bonds. The van der Waals surface area contributed by atoms with Crippen LogP contribution in [-0.4, -0.2) is 5.78 Å². The quantitative estimate of drug-likeness (QED) is 0.517. The van der Waals surface area contributed by atoms with E-state index in [9.17, 15) is 4.79 Å². The van der Waals surface area contributed by atoms with Gasteiger partial charge in [0, 0.05) is 0 Å². The zero-order valence-electron chi connectivity index (χ0n) is 11.1. The molecule has 0 bridgehead atoms. The normalized spacial score (nSPS) is 11.6. The van der Waals surface area contributed by atoms with Gasteiger partial charge < -0.3 is 0 Å². The molecule has 0 saturated heterocycles. The third-order valence-corrected chi connectivity index (χ3v) is 2.88. The predicted octanol–water partition coefficient (Wildman–Crippen LogP) is 4.55. The van der Waals surface area contributed by atoms with E-state index in [-0.39, 0.29) is 5.78 Å². The van der Waals surface area contributed by atoms with Gasteiger partial charge in [0.2, 0.25) is 0 Å². The number of allylic oxidation sites excluding steroid dienone is 1. The van der Waals surface area contributed by atoms with E-state index in [1.54, 1.807) is 6.92 Å². The second-order valence-corrected chi connectivity index (χ2v) is 4.60. The van der Waals surface area contributed by atoms with E-state index in [4.69, 9.17) is 0 Å². The predicted molar refractivity (Wildman–Crippen MR) is 74.0 cm³/mol. The highest BCUT2D eigenvalue weighted by Gasteiger charge is 2.03. The van der Waals surface area contributed by atoms with Gasteiger partial charge >= 0.3 is 0 Å². The molecule has 1 aromatic rings. The van der Waals surface area contributed by atoms with Crippen molar-refractivity contribution in [2.45, 2.75) is 46.5 Å². The number of aryl methyl sites for hydroxylation is 1. The average molecular weight is 230 g/mol. The minimum absolute atomic E-state index is 0.197. The highest BCUT2D eigenvalue weighted by atomic mass is 16.1. The molecule has 1 nitrogen and oxygen atoms in total. The molecule has 0 saturated carbocycles. The van der Waals surface area contributed by atoms with Gasteiger partial charge in [-0.25, -0.2) is 0 Å². The Bertz CT molecular complexity index is 402. The first-order valence-electron chi connectivity index (χ1n) is 6.41. The number of carbonyl (C=O) groups excluding carboxylic acids is 1. The Morgan fingerprint density at radius 2 is 2.06 bits per heavy atom. The van der Waals surface area contributed by atoms with E-state index in [2.05, 4.69) is 32.0 Å². The Labute approximate surface area is 105 Å². The second kappa shape index (κ2) is 7.05. The van der Waals surface area contributed by atoms with E-state index in [0.717, 1.165) is 24.0 Å². The Kier molecular flexibility index (Phi) is 5.68. The van der Waals surface area contributed by atoms with Gasteiger partial charge in [-0.15, -0.1) is 0 Å². The molecule has 17 heavy (non-hydrogen) atoms. The molecule has 0 N–H and O–H groups in total. The van der Waals surface area contributed by atoms with Crippen molar-refractivity contribution in [3.63, 3.8) is 0 Å². The van der Waals surface area contributed by atoms with Gasteiger partial charge in [-0.2, -0.15) is 0 Å². The summed E-state index contributed by atoms with van der Waals surface area (Å²) in [4.78, 5) is 11.6. The molecule has 1 aromatic carbocycles. The second-order valence-electron chi connectivity index (χ2n) is 4.60. The fraction of sp³-hybridized carbons (Fsp3) is 0.438. The molecule has 0 aliphatic heterocycles. The van der Waals surface area contributed by atoms with Crippen LogP contribution in [-0.2, 0) is 4.79 Å². The first kappa shape index (κ1) is 13.7. The van der Waals surface area contributed by atoms with E-state index in [1.807, 2.05) is 12.1 Å². The minimum Gasteiger partial charge on any atom is -0.295 e. The first-order valence-corrected chi connectivity index (χ1v) is 6.41. The number of Topliss-reactive ketones (excluding diaryl/α,β-unsaturated/α-hetero) is 1. The van der Waals surface area contributed by atoms with E-state index in [1.165, 1.54) is 18.4 Å². The molecule has 0 aliphatic carbocycles. The molecular formula is C16H22O. The van der Waals surface area contributed by atoms with Crippen LogP contribution >= 0.6 is 0 Å². The topological polar surface area (TPSA) is 17.1 Å². The summed E-state index contributed by atoms with van der Waals surface area (Å²) in [7, 11) is 0. The molecule has 0 unspecified atom stereocenters. The average Bonchev–Trinajstić information content (AvgIpc) is 2.28. The number of carbonyl (C=O) groups is 1. The van der Waals surface area contributed by atoms with Crippen molar-refractivity contribution in [3.05, 3.63) is 41.0 Å². The molecule has 0 heterocycles. The Morgan fingerprint density at radius 1 is 1.29 bits per heavy atom. The van der Waals surface area contributed by atoms with Crippen LogP contribution in [0.25, 0.3) is 6.08 Å². The maximum absolute atomic E-state index is 11.6. The largest absolute Gasteiger partial charge is 0.295 e. The molecular weight excluding hydrogens is 208 g/mol. The van der Waals surface area contributed by atoms with Crippen LogP contribution in [0.1, 0.15) is 50.7 Å². The number of rotatable bonds is 6. The van der Waals surface area contributed by atoms with Crippen molar-refractivity contribution >= 4 is 11.9 Å². The van der Waals surface area contributed by atoms with Gasteiger partial charge in [0.25, 0.3) is 0 Å². The van der Waals surface area contributed by atoms with Crippen LogP contribution < -0.4 is 0 Å². The molecule has 0 spiro atoms. The third-order valence-electron chi connectivity index (χ3n) is 2.88. The van der Waals surface area contributed by atoms with Gasteiger partial charge in [0.05, 0.1) is 0 Å². The highest BCUT2D eigenvalue weighted by molar-refractivity contribution is 5.97. The lowest BCUT2D eigenvalue weighted by molar-refractivity contribution is -0.113. The van der Waals surface area contributed by atoms with Crippen molar-refractivity contribution in [1.82, 2.24) is 0 Å². The zero-order chi connectivity index (χ0) is 12.7. The van der Waals surface area contributed by atoms with Gasteiger partial charge in [-0.1, -0.05) is 49.6 Å². The lowest BCUT2D eigenvalue weighted by atomic mass is 10.0. The molecule has 1 rings (SSSR count). The van der Waals surface area contributed by atoms with Crippen molar-refractivity contribution in [2.75, 3.05) is 0 Å². The molecule has 0 atom stereocenters. The number of benzene rings is 1. The Hall–Kier alpha value is -1.37. The first-order chi connectivity index (χ1) is 8.13. The fourth-order valence-corrected chi connectivity index (χ4v) is 1.88. The van der Waals surface area contributed by atoms with Crippen LogP contribution in [0, 0.1) is 6.92 Å². The van der Waals surface area contributed by atoms with Gasteiger partial charge in [0.1, 0.15) is 0 Å². The lowest BCUT2D eigenvalue weighted by Crippen LogP contribution is -1.96.